The van der Waals surface area contributed by atoms with Gasteiger partial charge >= 0.3 is 5.63 Å². The van der Waals surface area contributed by atoms with Crippen molar-refractivity contribution in [3.05, 3.63) is 40.8 Å². The molecule has 0 saturated heterocycles. The molecule has 0 aliphatic rings. The van der Waals surface area contributed by atoms with Crippen LogP contribution in [0.3, 0.4) is 0 Å². The zero-order chi connectivity index (χ0) is 17.4. The first-order valence-electron chi connectivity index (χ1n) is 7.85. The van der Waals surface area contributed by atoms with E-state index in [2.05, 4.69) is 5.32 Å². The molecule has 1 heterocycles. The molecule has 0 bridgehead atoms. The van der Waals surface area contributed by atoms with Gasteiger partial charge in [-0.2, -0.15) is 0 Å². The van der Waals surface area contributed by atoms with Gasteiger partial charge in [-0.25, -0.2) is 10.3 Å². The van der Waals surface area contributed by atoms with Crippen LogP contribution in [-0.4, -0.2) is 17.0 Å². The number of fused-ring (bicyclic) bond motifs is 1. The van der Waals surface area contributed by atoms with E-state index < -0.39 is 5.63 Å². The third-order valence-electron chi connectivity index (χ3n) is 3.59. The molecular weight excluding hydrogens is 312 g/mol. The van der Waals surface area contributed by atoms with Gasteiger partial charge in [-0.15, -0.1) is 0 Å². The van der Waals surface area contributed by atoms with Gasteiger partial charge in [-0.05, 0) is 37.1 Å². The van der Waals surface area contributed by atoms with Crippen LogP contribution in [0, 0.1) is 0 Å². The molecule has 0 aliphatic carbocycles. The highest BCUT2D eigenvalue weighted by atomic mass is 16.5. The predicted octanol–water partition coefficient (Wildman–Crippen LogP) is 2.58. The maximum absolute atomic E-state index is 11.9. The number of hydrogen-bond acceptors (Lipinski definition) is 5. The lowest BCUT2D eigenvalue weighted by molar-refractivity contribution is -0.129. The molecule has 3 N–H and O–H groups in total. The molecule has 1 aromatic heterocycles. The summed E-state index contributed by atoms with van der Waals surface area (Å²) in [4.78, 5) is 33.8. The maximum atomic E-state index is 11.9. The van der Waals surface area contributed by atoms with Gasteiger partial charge in [-0.1, -0.05) is 12.8 Å². The van der Waals surface area contributed by atoms with Gasteiger partial charge in [0.15, 0.2) is 0 Å². The first kappa shape index (κ1) is 17.7. The van der Waals surface area contributed by atoms with E-state index in [1.165, 1.54) is 6.07 Å². The Hall–Kier alpha value is -2.67. The SMILES string of the molecule is O=C(CCCCCCC(=O)Nc1ccc2oc(=O)ccc2c1)NO. The second-order valence-corrected chi connectivity index (χ2v) is 5.50. The summed E-state index contributed by atoms with van der Waals surface area (Å²) in [6.45, 7) is 0. The Kier molecular flexibility index (Phi) is 6.51. The van der Waals surface area contributed by atoms with Crippen LogP contribution in [0.15, 0.2) is 39.5 Å². The fraction of sp³-hybridized carbons (Fsp3) is 0.353. The van der Waals surface area contributed by atoms with Crippen molar-refractivity contribution in [3.8, 4) is 0 Å². The maximum Gasteiger partial charge on any atom is 0.336 e. The molecule has 128 valence electrons. The fourth-order valence-electron chi connectivity index (χ4n) is 2.35. The van der Waals surface area contributed by atoms with Crippen LogP contribution in [0.1, 0.15) is 38.5 Å². The van der Waals surface area contributed by atoms with Crippen molar-refractivity contribution >= 4 is 28.5 Å². The second-order valence-electron chi connectivity index (χ2n) is 5.50. The number of carbonyl (C=O) groups is 2. The lowest BCUT2D eigenvalue weighted by atomic mass is 10.1. The molecule has 0 radical (unpaired) electrons. The quantitative estimate of drug-likeness (QED) is 0.298. The molecule has 0 aliphatic heterocycles. The van der Waals surface area contributed by atoms with Crippen molar-refractivity contribution in [2.45, 2.75) is 38.5 Å². The number of rotatable bonds is 8. The molecular formula is C17H20N2O5. The number of hydrogen-bond donors (Lipinski definition) is 3. The highest BCUT2D eigenvalue weighted by molar-refractivity contribution is 5.93. The number of amides is 2. The Morgan fingerprint density at radius 2 is 1.67 bits per heavy atom. The number of unbranched alkanes of at least 4 members (excludes halogenated alkanes) is 3. The third kappa shape index (κ3) is 5.51. The van der Waals surface area contributed by atoms with Crippen LogP contribution >= 0.6 is 0 Å². The van der Waals surface area contributed by atoms with Crippen molar-refractivity contribution < 1.29 is 19.2 Å². The van der Waals surface area contributed by atoms with E-state index in [-0.39, 0.29) is 18.2 Å². The van der Waals surface area contributed by atoms with E-state index in [1.807, 2.05) is 0 Å². The van der Waals surface area contributed by atoms with E-state index in [0.29, 0.717) is 24.1 Å². The number of hydroxylamine groups is 1. The first-order chi connectivity index (χ1) is 11.6. The number of nitrogens with one attached hydrogen (secondary N) is 2. The third-order valence-corrected chi connectivity index (χ3v) is 3.59. The molecule has 7 nitrogen and oxygen atoms in total. The molecule has 0 fully saturated rings. The van der Waals surface area contributed by atoms with Gasteiger partial charge in [0.25, 0.3) is 0 Å². The van der Waals surface area contributed by atoms with Gasteiger partial charge in [0, 0.05) is 30.0 Å². The van der Waals surface area contributed by atoms with Crippen molar-refractivity contribution in [2.75, 3.05) is 5.32 Å². The van der Waals surface area contributed by atoms with E-state index in [4.69, 9.17) is 9.62 Å². The Morgan fingerprint density at radius 1 is 0.958 bits per heavy atom. The van der Waals surface area contributed by atoms with Gasteiger partial charge < -0.3 is 9.73 Å². The average molecular weight is 332 g/mol. The van der Waals surface area contributed by atoms with Crippen LogP contribution in [0.5, 0.6) is 0 Å². The first-order valence-corrected chi connectivity index (χ1v) is 7.85. The van der Waals surface area contributed by atoms with Gasteiger partial charge in [0.1, 0.15) is 5.58 Å². The summed E-state index contributed by atoms with van der Waals surface area (Å²) in [6.07, 6.45) is 3.77. The molecule has 2 rings (SSSR count). The average Bonchev–Trinajstić information content (AvgIpc) is 2.57. The molecule has 2 aromatic rings. The number of benzene rings is 1. The highest BCUT2D eigenvalue weighted by Crippen LogP contribution is 2.18. The van der Waals surface area contributed by atoms with Crippen molar-refractivity contribution in [3.63, 3.8) is 0 Å². The summed E-state index contributed by atoms with van der Waals surface area (Å²) >= 11 is 0. The van der Waals surface area contributed by atoms with Crippen LogP contribution < -0.4 is 16.4 Å². The molecule has 0 unspecified atom stereocenters. The standard InChI is InChI=1S/C17H20N2O5/c20-15(5-3-1-2-4-6-16(21)19-23)18-13-8-9-14-12(11-13)7-10-17(22)24-14/h7-11,23H,1-6H2,(H,18,20)(H,19,21). The smallest absolute Gasteiger partial charge is 0.336 e. The van der Waals surface area contributed by atoms with Crippen LogP contribution in [-0.2, 0) is 9.59 Å². The van der Waals surface area contributed by atoms with Gasteiger partial charge in [0.05, 0.1) is 0 Å². The predicted molar refractivity (Wildman–Crippen MR) is 88.7 cm³/mol. The van der Waals surface area contributed by atoms with Crippen molar-refractivity contribution in [1.82, 2.24) is 5.48 Å². The molecule has 24 heavy (non-hydrogen) atoms. The summed E-state index contributed by atoms with van der Waals surface area (Å²) in [6, 6.07) is 8.09. The van der Waals surface area contributed by atoms with Crippen LogP contribution in [0.2, 0.25) is 0 Å². The zero-order valence-electron chi connectivity index (χ0n) is 13.2. The Morgan fingerprint density at radius 3 is 2.38 bits per heavy atom. The zero-order valence-corrected chi connectivity index (χ0v) is 13.2. The van der Waals surface area contributed by atoms with E-state index >= 15 is 0 Å². The summed E-state index contributed by atoms with van der Waals surface area (Å²) in [7, 11) is 0. The largest absolute Gasteiger partial charge is 0.423 e. The Bertz CT molecular complexity index is 769. The number of anilines is 1. The summed E-state index contributed by atoms with van der Waals surface area (Å²) in [5, 5.41) is 11.9. The monoisotopic (exact) mass is 332 g/mol. The van der Waals surface area contributed by atoms with Crippen LogP contribution in [0.25, 0.3) is 11.0 Å². The summed E-state index contributed by atoms with van der Waals surface area (Å²) < 4.78 is 5.04. The minimum Gasteiger partial charge on any atom is -0.423 e. The minimum atomic E-state index is -0.407. The highest BCUT2D eigenvalue weighted by Gasteiger charge is 2.05. The normalized spacial score (nSPS) is 10.5. The van der Waals surface area contributed by atoms with Gasteiger partial charge in [0.2, 0.25) is 11.8 Å². The second kappa shape index (κ2) is 8.83. The van der Waals surface area contributed by atoms with Gasteiger partial charge in [-0.3, -0.25) is 14.8 Å². The summed E-state index contributed by atoms with van der Waals surface area (Å²) in [5.74, 6) is -0.472. The van der Waals surface area contributed by atoms with Crippen molar-refractivity contribution in [1.29, 1.82) is 0 Å². The molecule has 7 heteroatoms. The van der Waals surface area contributed by atoms with E-state index in [0.717, 1.165) is 24.6 Å². The topological polar surface area (TPSA) is 109 Å². The lowest BCUT2D eigenvalue weighted by Gasteiger charge is -2.06. The van der Waals surface area contributed by atoms with Crippen molar-refractivity contribution in [2.24, 2.45) is 0 Å². The van der Waals surface area contributed by atoms with Crippen LogP contribution in [0.4, 0.5) is 5.69 Å². The van der Waals surface area contributed by atoms with E-state index in [9.17, 15) is 14.4 Å². The molecule has 0 saturated carbocycles. The van der Waals surface area contributed by atoms with E-state index in [1.54, 1.807) is 29.7 Å². The molecule has 2 amide bonds. The summed E-state index contributed by atoms with van der Waals surface area (Å²) in [5.41, 5.74) is 2.32. The Labute approximate surface area is 138 Å². The molecule has 1 aromatic carbocycles. The lowest BCUT2D eigenvalue weighted by Crippen LogP contribution is -2.17. The molecule has 0 atom stereocenters. The molecule has 0 spiro atoms. The minimum absolute atomic E-state index is 0.0835. The Balaban J connectivity index is 1.73. The fourth-order valence-corrected chi connectivity index (χ4v) is 2.35. The number of carbonyl (C=O) groups excluding carboxylic acids is 2.